The van der Waals surface area contributed by atoms with Gasteiger partial charge in [-0.25, -0.2) is 4.79 Å². The highest BCUT2D eigenvalue weighted by atomic mass is 16.5. The number of rotatable bonds is 3. The number of benzene rings is 1. The quantitative estimate of drug-likeness (QED) is 0.805. The zero-order valence-corrected chi connectivity index (χ0v) is 11.6. The monoisotopic (exact) mass is 270 g/mol. The van der Waals surface area contributed by atoms with E-state index in [1.54, 1.807) is 0 Å². The standard InChI is InChI=1S/C16H18N2O2/c1-2-20-16(19)14-13-10-6-7-11-18(13)17-15(14)12-8-4-3-5-9-12/h3-5,8-9H,2,6-7,10-11H2,1H3. The Morgan fingerprint density at radius 3 is 2.85 bits per heavy atom. The van der Waals surface area contributed by atoms with Gasteiger partial charge in [-0.1, -0.05) is 30.3 Å². The van der Waals surface area contributed by atoms with E-state index in [4.69, 9.17) is 4.74 Å². The summed E-state index contributed by atoms with van der Waals surface area (Å²) in [6, 6.07) is 9.85. The summed E-state index contributed by atoms with van der Waals surface area (Å²) < 4.78 is 7.19. The number of esters is 1. The van der Waals surface area contributed by atoms with E-state index in [1.165, 1.54) is 0 Å². The molecule has 0 unspecified atom stereocenters. The third kappa shape index (κ3) is 2.22. The highest BCUT2D eigenvalue weighted by Crippen LogP contribution is 2.29. The Balaban J connectivity index is 2.13. The molecule has 0 spiro atoms. The second kappa shape index (κ2) is 5.49. The van der Waals surface area contributed by atoms with Gasteiger partial charge in [0.2, 0.25) is 0 Å². The lowest BCUT2D eigenvalue weighted by molar-refractivity contribution is 0.0525. The van der Waals surface area contributed by atoms with Gasteiger partial charge in [0.1, 0.15) is 11.3 Å². The third-order valence-electron chi connectivity index (χ3n) is 3.62. The van der Waals surface area contributed by atoms with Crippen LogP contribution in [-0.2, 0) is 17.7 Å². The molecule has 0 amide bonds. The van der Waals surface area contributed by atoms with E-state index in [0.717, 1.165) is 42.8 Å². The lowest BCUT2D eigenvalue weighted by Crippen LogP contribution is -2.14. The van der Waals surface area contributed by atoms with Crippen molar-refractivity contribution in [1.82, 2.24) is 9.78 Å². The van der Waals surface area contributed by atoms with Crippen molar-refractivity contribution in [2.45, 2.75) is 32.7 Å². The smallest absolute Gasteiger partial charge is 0.342 e. The second-order valence-electron chi connectivity index (χ2n) is 4.94. The fraction of sp³-hybridized carbons (Fsp3) is 0.375. The number of aromatic nitrogens is 2. The number of ether oxygens (including phenoxy) is 1. The van der Waals surface area contributed by atoms with Crippen LogP contribution >= 0.6 is 0 Å². The number of carbonyl (C=O) groups excluding carboxylic acids is 1. The zero-order chi connectivity index (χ0) is 13.9. The molecule has 4 nitrogen and oxygen atoms in total. The molecule has 3 rings (SSSR count). The van der Waals surface area contributed by atoms with Gasteiger partial charge in [0.15, 0.2) is 0 Å². The summed E-state index contributed by atoms with van der Waals surface area (Å²) in [5.74, 6) is -0.255. The first kappa shape index (κ1) is 12.9. The first-order chi connectivity index (χ1) is 9.81. The van der Waals surface area contributed by atoms with E-state index in [0.29, 0.717) is 12.2 Å². The minimum atomic E-state index is -0.255. The van der Waals surface area contributed by atoms with Crippen molar-refractivity contribution in [3.05, 3.63) is 41.6 Å². The fourth-order valence-electron chi connectivity index (χ4n) is 2.71. The molecule has 0 N–H and O–H groups in total. The highest BCUT2D eigenvalue weighted by Gasteiger charge is 2.26. The Labute approximate surface area is 118 Å². The molecule has 0 bridgehead atoms. The van der Waals surface area contributed by atoms with Gasteiger partial charge in [0.25, 0.3) is 0 Å². The molecule has 1 aromatic carbocycles. The molecular weight excluding hydrogens is 252 g/mol. The van der Waals surface area contributed by atoms with Crippen molar-refractivity contribution in [2.75, 3.05) is 6.61 Å². The summed E-state index contributed by atoms with van der Waals surface area (Å²) >= 11 is 0. The molecule has 0 radical (unpaired) electrons. The van der Waals surface area contributed by atoms with Crippen molar-refractivity contribution in [1.29, 1.82) is 0 Å². The molecule has 1 aliphatic heterocycles. The second-order valence-corrected chi connectivity index (χ2v) is 4.94. The van der Waals surface area contributed by atoms with Crippen LogP contribution in [0.25, 0.3) is 11.3 Å². The van der Waals surface area contributed by atoms with Gasteiger partial charge < -0.3 is 4.74 Å². The predicted molar refractivity (Wildman–Crippen MR) is 76.6 cm³/mol. The van der Waals surface area contributed by atoms with Crippen molar-refractivity contribution in [2.24, 2.45) is 0 Å². The summed E-state index contributed by atoms with van der Waals surface area (Å²) in [7, 11) is 0. The van der Waals surface area contributed by atoms with Crippen molar-refractivity contribution < 1.29 is 9.53 Å². The third-order valence-corrected chi connectivity index (χ3v) is 3.62. The number of carbonyl (C=O) groups is 1. The van der Waals surface area contributed by atoms with Crippen LogP contribution in [-0.4, -0.2) is 22.4 Å². The normalized spacial score (nSPS) is 13.8. The van der Waals surface area contributed by atoms with Gasteiger partial charge in [-0.05, 0) is 26.2 Å². The Kier molecular flexibility index (Phi) is 3.54. The molecule has 0 atom stereocenters. The highest BCUT2D eigenvalue weighted by molar-refractivity contribution is 5.97. The molecule has 0 aliphatic carbocycles. The Hall–Kier alpha value is -2.10. The van der Waals surface area contributed by atoms with Gasteiger partial charge >= 0.3 is 5.97 Å². The first-order valence-electron chi connectivity index (χ1n) is 7.13. The lowest BCUT2D eigenvalue weighted by atomic mass is 10.0. The summed E-state index contributed by atoms with van der Waals surface area (Å²) in [4.78, 5) is 12.3. The summed E-state index contributed by atoms with van der Waals surface area (Å²) in [5.41, 5.74) is 3.39. The molecule has 0 saturated carbocycles. The molecule has 1 aliphatic rings. The number of aryl methyl sites for hydroxylation is 1. The molecule has 4 heteroatoms. The van der Waals surface area contributed by atoms with Crippen LogP contribution in [0.4, 0.5) is 0 Å². The predicted octanol–water partition coefficient (Wildman–Crippen LogP) is 3.06. The molecule has 104 valence electrons. The lowest BCUT2D eigenvalue weighted by Gasteiger charge is -2.13. The Bertz CT molecular complexity index is 617. The Morgan fingerprint density at radius 2 is 2.10 bits per heavy atom. The maximum absolute atomic E-state index is 12.3. The zero-order valence-electron chi connectivity index (χ0n) is 11.6. The summed E-state index contributed by atoms with van der Waals surface area (Å²) in [5, 5.41) is 4.64. The molecule has 2 aromatic rings. The molecule has 0 saturated heterocycles. The van der Waals surface area contributed by atoms with Crippen LogP contribution < -0.4 is 0 Å². The van der Waals surface area contributed by atoms with Crippen LogP contribution in [0.1, 0.15) is 35.8 Å². The van der Waals surface area contributed by atoms with Crippen molar-refractivity contribution in [3.63, 3.8) is 0 Å². The summed E-state index contributed by atoms with van der Waals surface area (Å²) in [6.45, 7) is 3.10. The van der Waals surface area contributed by atoms with Crippen LogP contribution in [0.5, 0.6) is 0 Å². The van der Waals surface area contributed by atoms with Crippen LogP contribution in [0, 0.1) is 0 Å². The number of hydrogen-bond acceptors (Lipinski definition) is 3. The van der Waals surface area contributed by atoms with E-state index >= 15 is 0 Å². The number of nitrogens with zero attached hydrogens (tertiary/aromatic N) is 2. The minimum absolute atomic E-state index is 0.255. The van der Waals surface area contributed by atoms with E-state index < -0.39 is 0 Å². The van der Waals surface area contributed by atoms with Gasteiger partial charge in [0, 0.05) is 12.1 Å². The van der Waals surface area contributed by atoms with E-state index in [2.05, 4.69) is 5.10 Å². The fourth-order valence-corrected chi connectivity index (χ4v) is 2.71. The molecule has 2 heterocycles. The van der Waals surface area contributed by atoms with Gasteiger partial charge in [-0.15, -0.1) is 0 Å². The van der Waals surface area contributed by atoms with Crippen LogP contribution in [0.2, 0.25) is 0 Å². The minimum Gasteiger partial charge on any atom is -0.462 e. The SMILES string of the molecule is CCOC(=O)c1c(-c2ccccc2)nn2c1CCCC2. The average Bonchev–Trinajstić information content (AvgIpc) is 2.88. The summed E-state index contributed by atoms with van der Waals surface area (Å²) in [6.07, 6.45) is 3.12. The first-order valence-corrected chi connectivity index (χ1v) is 7.13. The molecule has 0 fully saturated rings. The van der Waals surface area contributed by atoms with Crippen molar-refractivity contribution >= 4 is 5.97 Å². The van der Waals surface area contributed by atoms with E-state index in [-0.39, 0.29) is 5.97 Å². The van der Waals surface area contributed by atoms with Crippen LogP contribution in [0.15, 0.2) is 30.3 Å². The number of fused-ring (bicyclic) bond motifs is 1. The maximum Gasteiger partial charge on any atom is 0.342 e. The van der Waals surface area contributed by atoms with E-state index in [9.17, 15) is 4.79 Å². The van der Waals surface area contributed by atoms with Crippen molar-refractivity contribution in [3.8, 4) is 11.3 Å². The molecule has 1 aromatic heterocycles. The molecular formula is C16H18N2O2. The van der Waals surface area contributed by atoms with Crippen LogP contribution in [0.3, 0.4) is 0 Å². The van der Waals surface area contributed by atoms with Gasteiger partial charge in [-0.2, -0.15) is 5.10 Å². The molecule has 20 heavy (non-hydrogen) atoms. The van der Waals surface area contributed by atoms with Gasteiger partial charge in [0.05, 0.1) is 12.3 Å². The average molecular weight is 270 g/mol. The maximum atomic E-state index is 12.3. The topological polar surface area (TPSA) is 44.1 Å². The largest absolute Gasteiger partial charge is 0.462 e. The Morgan fingerprint density at radius 1 is 1.30 bits per heavy atom. The van der Waals surface area contributed by atoms with E-state index in [1.807, 2.05) is 41.9 Å². The van der Waals surface area contributed by atoms with Gasteiger partial charge in [-0.3, -0.25) is 4.68 Å². The number of hydrogen-bond donors (Lipinski definition) is 0.